The molecule has 1 amide bonds. The number of hydrogen-bond donors (Lipinski definition) is 0. The highest BCUT2D eigenvalue weighted by molar-refractivity contribution is 14.1. The predicted molar refractivity (Wildman–Crippen MR) is 64.3 cm³/mol. The largest absolute Gasteiger partial charge is 0.339 e. The molecule has 0 radical (unpaired) electrons. The Morgan fingerprint density at radius 2 is 1.71 bits per heavy atom. The van der Waals surface area contributed by atoms with Crippen LogP contribution in [-0.4, -0.2) is 23.9 Å². The molecule has 1 heterocycles. The molecule has 0 unspecified atom stereocenters. The SMILES string of the molecule is O=C(c1ccc(I)cc1)N1CCCC1. The summed E-state index contributed by atoms with van der Waals surface area (Å²) in [7, 11) is 0. The van der Waals surface area contributed by atoms with Crippen molar-refractivity contribution in [1.82, 2.24) is 4.90 Å². The molecule has 1 aliphatic heterocycles. The van der Waals surface area contributed by atoms with E-state index in [0.29, 0.717) is 0 Å². The number of amides is 1. The van der Waals surface area contributed by atoms with Crippen molar-refractivity contribution in [2.24, 2.45) is 0 Å². The Kier molecular flexibility index (Phi) is 3.05. The summed E-state index contributed by atoms with van der Waals surface area (Å²) < 4.78 is 1.17. The van der Waals surface area contributed by atoms with Crippen molar-refractivity contribution in [3.8, 4) is 0 Å². The van der Waals surface area contributed by atoms with Crippen LogP contribution < -0.4 is 0 Å². The fourth-order valence-corrected chi connectivity index (χ4v) is 2.05. The predicted octanol–water partition coefficient (Wildman–Crippen LogP) is 2.53. The third-order valence-corrected chi connectivity index (χ3v) is 3.20. The van der Waals surface area contributed by atoms with E-state index < -0.39 is 0 Å². The van der Waals surface area contributed by atoms with Gasteiger partial charge in [-0.05, 0) is 59.7 Å². The summed E-state index contributed by atoms with van der Waals surface area (Å²) in [6, 6.07) is 7.76. The quantitative estimate of drug-likeness (QED) is 0.730. The first-order valence-electron chi connectivity index (χ1n) is 4.82. The number of benzene rings is 1. The first kappa shape index (κ1) is 9.96. The van der Waals surface area contributed by atoms with E-state index in [2.05, 4.69) is 22.6 Å². The first-order chi connectivity index (χ1) is 6.77. The molecule has 1 aromatic rings. The number of hydrogen-bond acceptors (Lipinski definition) is 1. The van der Waals surface area contributed by atoms with Gasteiger partial charge in [0.1, 0.15) is 0 Å². The highest BCUT2D eigenvalue weighted by atomic mass is 127. The maximum Gasteiger partial charge on any atom is 0.253 e. The van der Waals surface area contributed by atoms with Crippen LogP contribution >= 0.6 is 22.6 Å². The van der Waals surface area contributed by atoms with Crippen molar-refractivity contribution >= 4 is 28.5 Å². The maximum atomic E-state index is 11.9. The van der Waals surface area contributed by atoms with Crippen LogP contribution in [0.2, 0.25) is 0 Å². The van der Waals surface area contributed by atoms with Gasteiger partial charge in [0.2, 0.25) is 0 Å². The van der Waals surface area contributed by atoms with E-state index in [0.717, 1.165) is 31.5 Å². The highest BCUT2D eigenvalue weighted by Crippen LogP contribution is 2.14. The molecular formula is C11H12INO. The number of nitrogens with zero attached hydrogens (tertiary/aromatic N) is 1. The second-order valence-corrected chi connectivity index (χ2v) is 4.75. The standard InChI is InChI=1S/C11H12INO/c12-10-5-3-9(4-6-10)11(14)13-7-1-2-8-13/h3-6H,1-2,7-8H2. The van der Waals surface area contributed by atoms with E-state index in [1.807, 2.05) is 29.2 Å². The van der Waals surface area contributed by atoms with Gasteiger partial charge in [-0.2, -0.15) is 0 Å². The van der Waals surface area contributed by atoms with Crippen LogP contribution in [0.25, 0.3) is 0 Å². The molecule has 3 heteroatoms. The molecule has 14 heavy (non-hydrogen) atoms. The van der Waals surface area contributed by atoms with Crippen molar-refractivity contribution in [3.05, 3.63) is 33.4 Å². The summed E-state index contributed by atoms with van der Waals surface area (Å²) in [4.78, 5) is 13.8. The fourth-order valence-electron chi connectivity index (χ4n) is 1.70. The second kappa shape index (κ2) is 4.29. The van der Waals surface area contributed by atoms with E-state index >= 15 is 0 Å². The summed E-state index contributed by atoms with van der Waals surface area (Å²) in [5, 5.41) is 0. The van der Waals surface area contributed by atoms with Gasteiger partial charge >= 0.3 is 0 Å². The van der Waals surface area contributed by atoms with Crippen molar-refractivity contribution in [1.29, 1.82) is 0 Å². The average molecular weight is 301 g/mol. The lowest BCUT2D eigenvalue weighted by Gasteiger charge is -2.14. The van der Waals surface area contributed by atoms with Gasteiger partial charge in [-0.25, -0.2) is 0 Å². The summed E-state index contributed by atoms with van der Waals surface area (Å²) in [6.45, 7) is 1.84. The summed E-state index contributed by atoms with van der Waals surface area (Å²) in [5.74, 6) is 0.180. The first-order valence-corrected chi connectivity index (χ1v) is 5.90. The summed E-state index contributed by atoms with van der Waals surface area (Å²) in [5.41, 5.74) is 0.812. The Balaban J connectivity index is 2.14. The zero-order chi connectivity index (χ0) is 9.97. The molecule has 74 valence electrons. The number of carbonyl (C=O) groups excluding carboxylic acids is 1. The van der Waals surface area contributed by atoms with E-state index in [9.17, 15) is 4.79 Å². The Morgan fingerprint density at radius 1 is 1.14 bits per heavy atom. The second-order valence-electron chi connectivity index (χ2n) is 3.51. The average Bonchev–Trinajstić information content (AvgIpc) is 2.71. The molecule has 0 atom stereocenters. The van der Waals surface area contributed by atoms with E-state index in [4.69, 9.17) is 0 Å². The van der Waals surface area contributed by atoms with Gasteiger partial charge in [0.05, 0.1) is 0 Å². The van der Waals surface area contributed by atoms with Crippen molar-refractivity contribution in [2.45, 2.75) is 12.8 Å². The normalized spacial score (nSPS) is 15.9. The summed E-state index contributed by atoms with van der Waals surface area (Å²) in [6.07, 6.45) is 2.30. The Bertz CT molecular complexity index is 328. The molecule has 0 aliphatic carbocycles. The van der Waals surface area contributed by atoms with Gasteiger partial charge in [0, 0.05) is 22.2 Å². The lowest BCUT2D eigenvalue weighted by atomic mass is 10.2. The Hall–Kier alpha value is -0.580. The monoisotopic (exact) mass is 301 g/mol. The molecule has 0 saturated carbocycles. The lowest BCUT2D eigenvalue weighted by molar-refractivity contribution is 0.0793. The zero-order valence-electron chi connectivity index (χ0n) is 7.87. The lowest BCUT2D eigenvalue weighted by Crippen LogP contribution is -2.27. The van der Waals surface area contributed by atoms with Gasteiger partial charge in [0.25, 0.3) is 5.91 Å². The van der Waals surface area contributed by atoms with Crippen LogP contribution in [0.15, 0.2) is 24.3 Å². The molecular weight excluding hydrogens is 289 g/mol. The molecule has 0 N–H and O–H groups in total. The van der Waals surface area contributed by atoms with Gasteiger partial charge < -0.3 is 4.90 Å². The van der Waals surface area contributed by atoms with Crippen molar-refractivity contribution in [2.75, 3.05) is 13.1 Å². The van der Waals surface area contributed by atoms with Gasteiger partial charge in [-0.3, -0.25) is 4.79 Å². The van der Waals surface area contributed by atoms with Crippen LogP contribution in [0.1, 0.15) is 23.2 Å². The topological polar surface area (TPSA) is 20.3 Å². The highest BCUT2D eigenvalue weighted by Gasteiger charge is 2.18. The molecule has 1 saturated heterocycles. The van der Waals surface area contributed by atoms with Crippen LogP contribution in [0.5, 0.6) is 0 Å². The fraction of sp³-hybridized carbons (Fsp3) is 0.364. The van der Waals surface area contributed by atoms with Crippen molar-refractivity contribution < 1.29 is 4.79 Å². The van der Waals surface area contributed by atoms with Crippen molar-refractivity contribution in [3.63, 3.8) is 0 Å². The molecule has 0 bridgehead atoms. The van der Waals surface area contributed by atoms with Crippen LogP contribution in [-0.2, 0) is 0 Å². The molecule has 1 aliphatic rings. The molecule has 2 nitrogen and oxygen atoms in total. The minimum Gasteiger partial charge on any atom is -0.339 e. The molecule has 1 aromatic carbocycles. The van der Waals surface area contributed by atoms with Gasteiger partial charge in [0.15, 0.2) is 0 Å². The van der Waals surface area contributed by atoms with Gasteiger partial charge in [-0.1, -0.05) is 0 Å². The summed E-state index contributed by atoms with van der Waals surface area (Å²) >= 11 is 2.24. The van der Waals surface area contributed by atoms with Crippen LogP contribution in [0.4, 0.5) is 0 Å². The van der Waals surface area contributed by atoms with Gasteiger partial charge in [-0.15, -0.1) is 0 Å². The number of likely N-dealkylation sites (tertiary alicyclic amines) is 1. The molecule has 0 spiro atoms. The van der Waals surface area contributed by atoms with E-state index in [1.54, 1.807) is 0 Å². The minimum absolute atomic E-state index is 0.180. The number of carbonyl (C=O) groups is 1. The Morgan fingerprint density at radius 3 is 2.29 bits per heavy atom. The van der Waals surface area contributed by atoms with Crippen LogP contribution in [0.3, 0.4) is 0 Å². The molecule has 0 aromatic heterocycles. The minimum atomic E-state index is 0.180. The van der Waals surface area contributed by atoms with E-state index in [1.165, 1.54) is 3.57 Å². The third-order valence-electron chi connectivity index (χ3n) is 2.48. The maximum absolute atomic E-state index is 11.9. The van der Waals surface area contributed by atoms with E-state index in [-0.39, 0.29) is 5.91 Å². The molecule has 2 rings (SSSR count). The number of halogens is 1. The Labute approximate surface area is 97.4 Å². The smallest absolute Gasteiger partial charge is 0.253 e. The number of rotatable bonds is 1. The third kappa shape index (κ3) is 2.08. The zero-order valence-corrected chi connectivity index (χ0v) is 10.0. The van der Waals surface area contributed by atoms with Crippen LogP contribution in [0, 0.1) is 3.57 Å². The molecule has 1 fully saturated rings.